The maximum Gasteiger partial charge on any atom is -0.00259 e. The molecule has 14 aromatic carbocycles. The molecule has 0 nitrogen and oxygen atoms in total. The second-order valence-electron chi connectivity index (χ2n) is 19.1. The molecular formula is C72H46. The summed E-state index contributed by atoms with van der Waals surface area (Å²) < 4.78 is 0. The molecule has 0 N–H and O–H groups in total. The van der Waals surface area contributed by atoms with Crippen molar-refractivity contribution in [1.29, 1.82) is 0 Å². The van der Waals surface area contributed by atoms with Crippen molar-refractivity contribution in [2.45, 2.75) is 0 Å². The summed E-state index contributed by atoms with van der Waals surface area (Å²) in [6.45, 7) is 0. The van der Waals surface area contributed by atoms with Gasteiger partial charge in [0.25, 0.3) is 0 Å². The highest BCUT2D eigenvalue weighted by atomic mass is 14.2. The molecule has 0 spiro atoms. The van der Waals surface area contributed by atoms with E-state index in [1.54, 1.807) is 0 Å². The van der Waals surface area contributed by atoms with Crippen molar-refractivity contribution in [3.05, 3.63) is 279 Å². The largest absolute Gasteiger partial charge is 0.0622 e. The van der Waals surface area contributed by atoms with Crippen LogP contribution in [0.3, 0.4) is 0 Å². The Labute approximate surface area is 419 Å². The van der Waals surface area contributed by atoms with E-state index in [-0.39, 0.29) is 0 Å². The molecule has 0 aliphatic carbocycles. The van der Waals surface area contributed by atoms with Crippen LogP contribution in [0.25, 0.3) is 143 Å². The summed E-state index contributed by atoms with van der Waals surface area (Å²) in [6, 6.07) is 103. The molecule has 14 aromatic rings. The van der Waals surface area contributed by atoms with Crippen LogP contribution in [0.5, 0.6) is 0 Å². The van der Waals surface area contributed by atoms with Gasteiger partial charge in [0.2, 0.25) is 0 Å². The van der Waals surface area contributed by atoms with Crippen LogP contribution in [-0.4, -0.2) is 0 Å². The Morgan fingerprint density at radius 3 is 0.903 bits per heavy atom. The molecule has 334 valence electrons. The maximum absolute atomic E-state index is 2.44. The smallest absolute Gasteiger partial charge is 0.00259 e. The van der Waals surface area contributed by atoms with Gasteiger partial charge >= 0.3 is 0 Å². The summed E-state index contributed by atoms with van der Waals surface area (Å²) >= 11 is 0. The SMILES string of the molecule is c1ccc(-c2cc(-c3ccccc3)cc(-c3c4ccccc4c(-c4ccc(-c5ccc6c(-c7ccc8ccccc8c7)c7ccccc7c(-c7ccc8ccccc8c7)c6c5)cc4)c4ccccc34)c2)cc1. The first kappa shape index (κ1) is 41.6. The lowest BCUT2D eigenvalue weighted by atomic mass is 9.83. The molecule has 0 aliphatic heterocycles. The average Bonchev–Trinajstić information content (AvgIpc) is 3.46. The van der Waals surface area contributed by atoms with Crippen molar-refractivity contribution in [1.82, 2.24) is 0 Å². The van der Waals surface area contributed by atoms with Crippen LogP contribution in [0.15, 0.2) is 279 Å². The van der Waals surface area contributed by atoms with Gasteiger partial charge in [-0.3, -0.25) is 0 Å². The molecule has 0 saturated heterocycles. The minimum Gasteiger partial charge on any atom is -0.0622 e. The molecule has 0 unspecified atom stereocenters. The molecular weight excluding hydrogens is 865 g/mol. The van der Waals surface area contributed by atoms with Crippen LogP contribution in [0.4, 0.5) is 0 Å². The Morgan fingerprint density at radius 1 is 0.125 bits per heavy atom. The maximum atomic E-state index is 2.44. The molecule has 0 bridgehead atoms. The Hall–Kier alpha value is -9.36. The van der Waals surface area contributed by atoms with E-state index in [0.29, 0.717) is 0 Å². The van der Waals surface area contributed by atoms with Gasteiger partial charge in [-0.15, -0.1) is 0 Å². The van der Waals surface area contributed by atoms with Crippen LogP contribution in [-0.2, 0) is 0 Å². The van der Waals surface area contributed by atoms with Crippen LogP contribution in [0.2, 0.25) is 0 Å². The molecule has 0 saturated carbocycles. The van der Waals surface area contributed by atoms with E-state index in [2.05, 4.69) is 279 Å². The number of hydrogen-bond acceptors (Lipinski definition) is 0. The van der Waals surface area contributed by atoms with Crippen molar-refractivity contribution >= 4 is 64.6 Å². The highest BCUT2D eigenvalue weighted by molar-refractivity contribution is 6.24. The fourth-order valence-corrected chi connectivity index (χ4v) is 11.6. The molecule has 0 amide bonds. The lowest BCUT2D eigenvalue weighted by Crippen LogP contribution is -1.93. The molecule has 72 heavy (non-hydrogen) atoms. The van der Waals surface area contributed by atoms with Gasteiger partial charge in [-0.1, -0.05) is 243 Å². The third-order valence-corrected chi connectivity index (χ3v) is 15.0. The predicted octanol–water partition coefficient (Wildman–Crippen LogP) is 20.3. The van der Waals surface area contributed by atoms with E-state index < -0.39 is 0 Å². The lowest BCUT2D eigenvalue weighted by Gasteiger charge is -2.20. The van der Waals surface area contributed by atoms with Gasteiger partial charge in [0.05, 0.1) is 0 Å². The first-order valence-electron chi connectivity index (χ1n) is 25.0. The number of rotatable bonds is 7. The zero-order valence-electron chi connectivity index (χ0n) is 39.6. The average molecular weight is 911 g/mol. The van der Waals surface area contributed by atoms with Gasteiger partial charge in [-0.2, -0.15) is 0 Å². The lowest BCUT2D eigenvalue weighted by molar-refractivity contribution is 1.58. The van der Waals surface area contributed by atoms with E-state index in [1.807, 2.05) is 0 Å². The van der Waals surface area contributed by atoms with Crippen molar-refractivity contribution in [2.24, 2.45) is 0 Å². The molecule has 0 heterocycles. The van der Waals surface area contributed by atoms with Crippen molar-refractivity contribution < 1.29 is 0 Å². The first-order valence-corrected chi connectivity index (χ1v) is 25.0. The molecule has 0 fully saturated rings. The molecule has 14 rings (SSSR count). The van der Waals surface area contributed by atoms with Crippen molar-refractivity contribution in [3.8, 4) is 77.9 Å². The Morgan fingerprint density at radius 2 is 0.431 bits per heavy atom. The highest BCUT2D eigenvalue weighted by Crippen LogP contribution is 2.48. The van der Waals surface area contributed by atoms with Crippen LogP contribution in [0.1, 0.15) is 0 Å². The van der Waals surface area contributed by atoms with Crippen molar-refractivity contribution in [3.63, 3.8) is 0 Å². The Kier molecular flexibility index (Phi) is 9.96. The Balaban J connectivity index is 0.946. The summed E-state index contributed by atoms with van der Waals surface area (Å²) in [4.78, 5) is 0. The summed E-state index contributed by atoms with van der Waals surface area (Å²) in [5.74, 6) is 0. The van der Waals surface area contributed by atoms with Gasteiger partial charge in [0.1, 0.15) is 0 Å². The topological polar surface area (TPSA) is 0 Å². The van der Waals surface area contributed by atoms with E-state index in [1.165, 1.54) is 143 Å². The molecule has 0 radical (unpaired) electrons. The fraction of sp³-hybridized carbons (Fsp3) is 0. The number of hydrogen-bond donors (Lipinski definition) is 0. The van der Waals surface area contributed by atoms with Gasteiger partial charge in [-0.25, -0.2) is 0 Å². The van der Waals surface area contributed by atoms with E-state index in [4.69, 9.17) is 0 Å². The summed E-state index contributed by atoms with van der Waals surface area (Å²) in [7, 11) is 0. The second kappa shape index (κ2) is 17.2. The normalized spacial score (nSPS) is 11.6. The second-order valence-corrected chi connectivity index (χ2v) is 19.1. The fourth-order valence-electron chi connectivity index (χ4n) is 11.6. The third-order valence-electron chi connectivity index (χ3n) is 15.0. The highest BCUT2D eigenvalue weighted by Gasteiger charge is 2.21. The van der Waals surface area contributed by atoms with Gasteiger partial charge in [-0.05, 0) is 179 Å². The third kappa shape index (κ3) is 7.07. The standard InChI is InChI=1S/C72H46/c1-3-17-47(18-4-1)58-43-59(48-19-5-2-6-20-48)45-60(44-58)72-65-29-15-11-25-61(65)69(62-26-12-16-30-66(62)72)52-35-31-51(32-36-52)55-39-40-67-68(46-55)71(57-38-34-50-22-8-10-24-54(50)42-57)64-28-14-13-27-63(64)70(67)56-37-33-49-21-7-9-23-53(49)41-56/h1-46H. The monoisotopic (exact) mass is 910 g/mol. The molecule has 0 heteroatoms. The molecule has 0 aliphatic rings. The van der Waals surface area contributed by atoms with Crippen molar-refractivity contribution in [2.75, 3.05) is 0 Å². The number of fused-ring (bicyclic) bond motifs is 6. The quantitative estimate of drug-likeness (QED) is 0.140. The van der Waals surface area contributed by atoms with Crippen LogP contribution >= 0.6 is 0 Å². The summed E-state index contributed by atoms with van der Waals surface area (Å²) in [6.07, 6.45) is 0. The van der Waals surface area contributed by atoms with Gasteiger partial charge < -0.3 is 0 Å². The molecule has 0 atom stereocenters. The van der Waals surface area contributed by atoms with E-state index in [0.717, 1.165) is 0 Å². The minimum atomic E-state index is 1.18. The zero-order chi connectivity index (χ0) is 47.5. The summed E-state index contributed by atoms with van der Waals surface area (Å²) in [5, 5.41) is 14.9. The van der Waals surface area contributed by atoms with E-state index in [9.17, 15) is 0 Å². The van der Waals surface area contributed by atoms with Gasteiger partial charge in [0.15, 0.2) is 0 Å². The van der Waals surface area contributed by atoms with Crippen LogP contribution in [0, 0.1) is 0 Å². The minimum absolute atomic E-state index is 1.18. The first-order chi connectivity index (χ1) is 35.7. The van der Waals surface area contributed by atoms with E-state index >= 15 is 0 Å². The Bertz CT molecular complexity index is 4300. The van der Waals surface area contributed by atoms with Crippen LogP contribution < -0.4 is 0 Å². The number of benzene rings is 14. The van der Waals surface area contributed by atoms with Gasteiger partial charge in [0, 0.05) is 0 Å². The molecule has 0 aromatic heterocycles. The predicted molar refractivity (Wildman–Crippen MR) is 310 cm³/mol. The zero-order valence-corrected chi connectivity index (χ0v) is 39.6. The summed E-state index contributed by atoms with van der Waals surface area (Å²) in [5.41, 5.74) is 17.1.